The van der Waals surface area contributed by atoms with Gasteiger partial charge in [0.2, 0.25) is 0 Å². The molecule has 7 heteroatoms. The van der Waals surface area contributed by atoms with Crippen LogP contribution < -0.4 is 10.6 Å². The Balaban J connectivity index is 1.71. The summed E-state index contributed by atoms with van der Waals surface area (Å²) in [5, 5.41) is 0. The molecule has 4 rings (SSSR count). The van der Waals surface area contributed by atoms with Gasteiger partial charge in [0.05, 0.1) is 28.0 Å². The van der Waals surface area contributed by atoms with Gasteiger partial charge in [-0.15, -0.1) is 0 Å². The van der Waals surface area contributed by atoms with Crippen LogP contribution in [-0.2, 0) is 0 Å². The van der Waals surface area contributed by atoms with Gasteiger partial charge in [-0.1, -0.05) is 49.4 Å². The van der Waals surface area contributed by atoms with E-state index in [2.05, 4.69) is 40.2 Å². The highest BCUT2D eigenvalue weighted by Gasteiger charge is 2.30. The standard InChI is InChI=1S/C21H19BrFN5/c1-14(15-5-3-2-4-6-15)19-25-13-18(24)20(26-19)27-11-12-28(22)21(27)16-7-9-17(23)10-8-16/h2-14,21H,24H2,1H3/t14-,21?/m0/s1. The van der Waals surface area contributed by atoms with Crippen molar-refractivity contribution in [2.75, 3.05) is 10.6 Å². The van der Waals surface area contributed by atoms with Crippen LogP contribution in [0.1, 0.15) is 36.0 Å². The van der Waals surface area contributed by atoms with Crippen LogP contribution >= 0.6 is 16.1 Å². The van der Waals surface area contributed by atoms with Crippen LogP contribution in [0.4, 0.5) is 15.9 Å². The lowest BCUT2D eigenvalue weighted by atomic mass is 10.0. The molecule has 28 heavy (non-hydrogen) atoms. The summed E-state index contributed by atoms with van der Waals surface area (Å²) in [6, 6.07) is 16.5. The fraction of sp³-hybridized carbons (Fsp3) is 0.143. The van der Waals surface area contributed by atoms with E-state index in [9.17, 15) is 4.39 Å². The van der Waals surface area contributed by atoms with Crippen molar-refractivity contribution in [2.24, 2.45) is 0 Å². The number of hydrogen-bond donors (Lipinski definition) is 1. The highest BCUT2D eigenvalue weighted by molar-refractivity contribution is 9.07. The molecular formula is C21H19BrFN5. The van der Waals surface area contributed by atoms with Crippen LogP contribution in [0.3, 0.4) is 0 Å². The highest BCUT2D eigenvalue weighted by atomic mass is 79.9. The average Bonchev–Trinajstić information content (AvgIpc) is 3.10. The van der Waals surface area contributed by atoms with Crippen molar-refractivity contribution >= 4 is 27.7 Å². The maximum absolute atomic E-state index is 13.4. The van der Waals surface area contributed by atoms with Crippen LogP contribution in [0.25, 0.3) is 0 Å². The molecule has 3 aromatic rings. The van der Waals surface area contributed by atoms with E-state index in [0.717, 1.165) is 11.1 Å². The SMILES string of the molecule is C[C@@H](c1ccccc1)c1ncc(N)c(N2C=CN(Br)C2c2ccc(F)cc2)n1. The minimum absolute atomic E-state index is 0.0245. The van der Waals surface area contributed by atoms with Crippen molar-refractivity contribution < 1.29 is 4.39 Å². The molecule has 5 nitrogen and oxygen atoms in total. The number of anilines is 2. The van der Waals surface area contributed by atoms with E-state index in [-0.39, 0.29) is 17.9 Å². The van der Waals surface area contributed by atoms with Gasteiger partial charge in [-0.2, -0.15) is 0 Å². The fourth-order valence-corrected chi connectivity index (χ4v) is 3.78. The van der Waals surface area contributed by atoms with Gasteiger partial charge in [0, 0.05) is 18.3 Å². The van der Waals surface area contributed by atoms with Crippen LogP contribution in [0, 0.1) is 5.82 Å². The van der Waals surface area contributed by atoms with Gasteiger partial charge in [0.15, 0.2) is 5.82 Å². The minimum atomic E-state index is -0.275. The van der Waals surface area contributed by atoms with Gasteiger partial charge >= 0.3 is 0 Å². The molecule has 0 bridgehead atoms. The molecule has 0 radical (unpaired) electrons. The van der Waals surface area contributed by atoms with E-state index >= 15 is 0 Å². The first-order valence-corrected chi connectivity index (χ1v) is 9.59. The van der Waals surface area contributed by atoms with Gasteiger partial charge in [-0.25, -0.2) is 14.4 Å². The van der Waals surface area contributed by atoms with E-state index in [1.807, 2.05) is 39.4 Å². The summed E-state index contributed by atoms with van der Waals surface area (Å²) in [6.07, 6.45) is 5.16. The average molecular weight is 440 g/mol. The van der Waals surface area contributed by atoms with Gasteiger partial charge in [-0.05, 0) is 23.3 Å². The predicted molar refractivity (Wildman–Crippen MR) is 112 cm³/mol. The molecular weight excluding hydrogens is 421 g/mol. The zero-order valence-electron chi connectivity index (χ0n) is 15.2. The Morgan fingerprint density at radius 2 is 1.79 bits per heavy atom. The molecule has 142 valence electrons. The second-order valence-electron chi connectivity index (χ2n) is 6.61. The second kappa shape index (κ2) is 7.59. The Morgan fingerprint density at radius 1 is 1.07 bits per heavy atom. The topological polar surface area (TPSA) is 58.3 Å². The lowest BCUT2D eigenvalue weighted by Gasteiger charge is -2.29. The zero-order valence-corrected chi connectivity index (χ0v) is 16.8. The molecule has 0 saturated carbocycles. The predicted octanol–water partition coefficient (Wildman–Crippen LogP) is 4.95. The molecule has 2 atom stereocenters. The van der Waals surface area contributed by atoms with Crippen LogP contribution in [0.5, 0.6) is 0 Å². The Bertz CT molecular complexity index is 993. The third-order valence-electron chi connectivity index (χ3n) is 4.78. The van der Waals surface area contributed by atoms with E-state index in [1.54, 1.807) is 18.3 Å². The number of benzene rings is 2. The van der Waals surface area contributed by atoms with Crippen molar-refractivity contribution in [3.63, 3.8) is 0 Å². The van der Waals surface area contributed by atoms with E-state index in [1.165, 1.54) is 12.1 Å². The summed E-state index contributed by atoms with van der Waals surface area (Å²) in [6.45, 7) is 2.07. The largest absolute Gasteiger partial charge is 0.394 e. The molecule has 1 unspecified atom stereocenters. The van der Waals surface area contributed by atoms with Gasteiger partial charge < -0.3 is 10.6 Å². The van der Waals surface area contributed by atoms with Crippen molar-refractivity contribution in [3.8, 4) is 0 Å². The molecule has 2 N–H and O–H groups in total. The highest BCUT2D eigenvalue weighted by Crippen LogP contribution is 2.39. The molecule has 1 aromatic heterocycles. The van der Waals surface area contributed by atoms with Gasteiger partial charge in [0.25, 0.3) is 0 Å². The number of nitrogens with zero attached hydrogens (tertiary/aromatic N) is 4. The molecule has 1 aliphatic heterocycles. The maximum Gasteiger partial charge on any atom is 0.161 e. The van der Waals surface area contributed by atoms with Crippen LogP contribution in [0.15, 0.2) is 73.2 Å². The first kappa shape index (κ1) is 18.4. The van der Waals surface area contributed by atoms with Crippen molar-refractivity contribution in [2.45, 2.75) is 19.0 Å². The molecule has 2 aromatic carbocycles. The molecule has 0 spiro atoms. The molecule has 0 fully saturated rings. The van der Waals surface area contributed by atoms with Gasteiger partial charge in [-0.3, -0.25) is 3.93 Å². The van der Waals surface area contributed by atoms with Crippen LogP contribution in [-0.4, -0.2) is 13.9 Å². The third-order valence-corrected chi connectivity index (χ3v) is 5.41. The van der Waals surface area contributed by atoms with Crippen LogP contribution in [0.2, 0.25) is 0 Å². The monoisotopic (exact) mass is 439 g/mol. The summed E-state index contributed by atoms with van der Waals surface area (Å²) in [7, 11) is 0. The normalized spacial score (nSPS) is 17.2. The number of hydrogen-bond acceptors (Lipinski definition) is 5. The number of nitrogen functional groups attached to an aromatic ring is 1. The molecule has 0 saturated heterocycles. The Kier molecular flexibility index (Phi) is 5.00. The number of nitrogens with two attached hydrogens (primary N) is 1. The molecule has 0 aliphatic carbocycles. The van der Waals surface area contributed by atoms with Crippen molar-refractivity contribution in [1.82, 2.24) is 13.9 Å². The summed E-state index contributed by atoms with van der Waals surface area (Å²) in [5.74, 6) is 1.05. The first-order valence-electron chi connectivity index (χ1n) is 8.88. The second-order valence-corrected chi connectivity index (χ2v) is 7.43. The van der Waals surface area contributed by atoms with E-state index in [4.69, 9.17) is 10.7 Å². The van der Waals surface area contributed by atoms with E-state index in [0.29, 0.717) is 17.3 Å². The van der Waals surface area contributed by atoms with Crippen molar-refractivity contribution in [1.29, 1.82) is 0 Å². The molecule has 0 amide bonds. The minimum Gasteiger partial charge on any atom is -0.394 e. The smallest absolute Gasteiger partial charge is 0.161 e. The van der Waals surface area contributed by atoms with Gasteiger partial charge in [0.1, 0.15) is 17.8 Å². The Labute approximate surface area is 171 Å². The quantitative estimate of drug-likeness (QED) is 0.582. The maximum atomic E-state index is 13.4. The summed E-state index contributed by atoms with van der Waals surface area (Å²) in [4.78, 5) is 11.2. The van der Waals surface area contributed by atoms with Crippen molar-refractivity contribution in [3.05, 3.63) is 96.0 Å². The number of halogens is 2. The molecule has 1 aliphatic rings. The lowest BCUT2D eigenvalue weighted by molar-refractivity contribution is 0.506. The first-order chi connectivity index (χ1) is 13.5. The lowest BCUT2D eigenvalue weighted by Crippen LogP contribution is -2.27. The molecule has 2 heterocycles. The Morgan fingerprint density at radius 3 is 2.50 bits per heavy atom. The summed E-state index contributed by atoms with van der Waals surface area (Å²) < 4.78 is 15.2. The zero-order chi connectivity index (χ0) is 19.7. The fourth-order valence-electron chi connectivity index (χ4n) is 3.24. The van der Waals surface area contributed by atoms with E-state index < -0.39 is 0 Å². The number of aromatic nitrogens is 2. The summed E-state index contributed by atoms with van der Waals surface area (Å²) in [5.41, 5.74) is 8.73. The Hall–Kier alpha value is -2.93. The number of rotatable bonds is 4. The summed E-state index contributed by atoms with van der Waals surface area (Å²) >= 11 is 3.53. The third kappa shape index (κ3) is 3.45.